The molecular weight excluding hydrogens is 310 g/mol. The van der Waals surface area contributed by atoms with Crippen LogP contribution >= 0.6 is 46.4 Å². The topological polar surface area (TPSA) is 0 Å². The zero-order valence-corrected chi connectivity index (χ0v) is 12.3. The van der Waals surface area contributed by atoms with E-state index in [1.165, 1.54) is 0 Å². The number of halogens is 4. The summed E-state index contributed by atoms with van der Waals surface area (Å²) in [7, 11) is 0. The molecule has 94 valence electrons. The summed E-state index contributed by atoms with van der Waals surface area (Å²) in [6.45, 7) is 0. The van der Waals surface area contributed by atoms with Gasteiger partial charge in [0.1, 0.15) is 4.33 Å². The fraction of sp³-hybridized carbons (Fsp3) is 0.143. The van der Waals surface area contributed by atoms with Gasteiger partial charge >= 0.3 is 0 Å². The Morgan fingerprint density at radius 2 is 1.72 bits per heavy atom. The van der Waals surface area contributed by atoms with Crippen molar-refractivity contribution in [1.82, 2.24) is 0 Å². The van der Waals surface area contributed by atoms with E-state index < -0.39 is 4.33 Å². The first-order chi connectivity index (χ1) is 8.47. The van der Waals surface area contributed by atoms with Gasteiger partial charge in [-0.25, -0.2) is 0 Å². The molecule has 0 nitrogen and oxygen atoms in total. The van der Waals surface area contributed by atoms with Gasteiger partial charge in [-0.1, -0.05) is 76.8 Å². The minimum atomic E-state index is -1.01. The van der Waals surface area contributed by atoms with Crippen molar-refractivity contribution in [2.75, 3.05) is 0 Å². The first kappa shape index (κ1) is 14.0. The monoisotopic (exact) mass is 318 g/mol. The van der Waals surface area contributed by atoms with Gasteiger partial charge in [-0.2, -0.15) is 0 Å². The van der Waals surface area contributed by atoms with Gasteiger partial charge in [-0.3, -0.25) is 0 Å². The van der Waals surface area contributed by atoms with Crippen LogP contribution in [0.3, 0.4) is 0 Å². The van der Waals surface area contributed by atoms with Crippen molar-refractivity contribution in [2.24, 2.45) is 5.92 Å². The molecule has 1 aliphatic carbocycles. The molecule has 18 heavy (non-hydrogen) atoms. The molecule has 0 N–H and O–H groups in total. The first-order valence-corrected chi connectivity index (χ1v) is 6.87. The summed E-state index contributed by atoms with van der Waals surface area (Å²) < 4.78 is -1.01. The van der Waals surface area contributed by atoms with Gasteiger partial charge in [0.05, 0.1) is 0 Å². The Balaban J connectivity index is 2.15. The van der Waals surface area contributed by atoms with E-state index in [4.69, 9.17) is 46.4 Å². The lowest BCUT2D eigenvalue weighted by Crippen LogP contribution is -2.22. The maximum absolute atomic E-state index is 6.21. The molecule has 0 amide bonds. The summed E-state index contributed by atoms with van der Waals surface area (Å²) >= 11 is 24.1. The van der Waals surface area contributed by atoms with Crippen LogP contribution in [-0.4, -0.2) is 4.33 Å². The van der Waals surface area contributed by atoms with Crippen LogP contribution in [-0.2, 0) is 0 Å². The molecule has 1 aromatic carbocycles. The van der Waals surface area contributed by atoms with Crippen LogP contribution in [0.2, 0.25) is 5.02 Å². The number of alkyl halides is 2. The predicted octanol–water partition coefficient (Wildman–Crippen LogP) is 5.84. The van der Waals surface area contributed by atoms with Crippen LogP contribution in [0, 0.1) is 5.92 Å². The Morgan fingerprint density at radius 1 is 1.06 bits per heavy atom. The summed E-state index contributed by atoms with van der Waals surface area (Å²) in [5, 5.41) is 1.26. The van der Waals surface area contributed by atoms with Crippen molar-refractivity contribution in [3.8, 4) is 0 Å². The van der Waals surface area contributed by atoms with Gasteiger partial charge in [0.2, 0.25) is 0 Å². The molecule has 0 radical (unpaired) electrons. The van der Waals surface area contributed by atoms with E-state index in [-0.39, 0.29) is 5.92 Å². The molecule has 1 aromatic rings. The molecule has 0 spiro atoms. The quantitative estimate of drug-likeness (QED) is 0.601. The highest BCUT2D eigenvalue weighted by Gasteiger charge is 2.31. The Morgan fingerprint density at radius 3 is 2.33 bits per heavy atom. The minimum Gasteiger partial charge on any atom is -0.0959 e. The SMILES string of the molecule is ClC1=CC(Cl)(Cl)C(C=Cc2ccc(Cl)cc2)C=C1. The number of benzene rings is 1. The maximum atomic E-state index is 6.21. The van der Waals surface area contributed by atoms with Crippen molar-refractivity contribution in [3.63, 3.8) is 0 Å². The normalized spacial score (nSPS) is 22.2. The van der Waals surface area contributed by atoms with Crippen LogP contribution in [0.1, 0.15) is 5.56 Å². The molecule has 0 fully saturated rings. The predicted molar refractivity (Wildman–Crippen MR) is 81.5 cm³/mol. The van der Waals surface area contributed by atoms with E-state index in [9.17, 15) is 0 Å². The van der Waals surface area contributed by atoms with Crippen LogP contribution in [0.25, 0.3) is 6.08 Å². The van der Waals surface area contributed by atoms with E-state index >= 15 is 0 Å². The lowest BCUT2D eigenvalue weighted by molar-refractivity contribution is 0.772. The van der Waals surface area contributed by atoms with Gasteiger partial charge in [-0.15, -0.1) is 0 Å². The Kier molecular flexibility index (Phi) is 4.45. The van der Waals surface area contributed by atoms with E-state index in [2.05, 4.69) is 0 Å². The zero-order valence-electron chi connectivity index (χ0n) is 9.29. The second-order valence-corrected chi connectivity index (χ2v) is 6.32. The Hall–Kier alpha value is -0.400. The van der Waals surface area contributed by atoms with Crippen molar-refractivity contribution in [1.29, 1.82) is 0 Å². The molecule has 0 saturated carbocycles. The fourth-order valence-corrected chi connectivity index (χ4v) is 2.64. The fourth-order valence-electron chi connectivity index (χ4n) is 1.63. The summed E-state index contributed by atoms with van der Waals surface area (Å²) in [6, 6.07) is 7.53. The average molecular weight is 320 g/mol. The largest absolute Gasteiger partial charge is 0.147 e. The minimum absolute atomic E-state index is 0.112. The highest BCUT2D eigenvalue weighted by Crippen LogP contribution is 2.39. The molecule has 0 aliphatic heterocycles. The molecular formula is C14H10Cl4. The number of hydrogen-bond acceptors (Lipinski definition) is 0. The highest BCUT2D eigenvalue weighted by atomic mass is 35.5. The molecule has 0 bridgehead atoms. The summed E-state index contributed by atoms with van der Waals surface area (Å²) in [5.74, 6) is -0.112. The highest BCUT2D eigenvalue weighted by molar-refractivity contribution is 6.51. The lowest BCUT2D eigenvalue weighted by atomic mass is 9.98. The summed E-state index contributed by atoms with van der Waals surface area (Å²) in [6.07, 6.45) is 9.21. The van der Waals surface area contributed by atoms with Crippen LogP contribution < -0.4 is 0 Å². The molecule has 1 aliphatic rings. The van der Waals surface area contributed by atoms with Gasteiger partial charge < -0.3 is 0 Å². The molecule has 1 atom stereocenters. The standard InChI is InChI=1S/C14H10Cl4/c15-12-6-2-10(3-7-12)1-4-11-5-8-13(16)9-14(11,17)18/h1-9,11H. The zero-order chi connectivity index (χ0) is 13.2. The number of allylic oxidation sites excluding steroid dienone is 5. The van der Waals surface area contributed by atoms with Crippen molar-refractivity contribution in [3.05, 3.63) is 64.2 Å². The van der Waals surface area contributed by atoms with Crippen LogP contribution in [0.15, 0.2) is 53.6 Å². The van der Waals surface area contributed by atoms with Crippen LogP contribution in [0.5, 0.6) is 0 Å². The Bertz CT molecular complexity index is 509. The van der Waals surface area contributed by atoms with E-state index in [1.54, 1.807) is 12.2 Å². The molecule has 0 aromatic heterocycles. The third kappa shape index (κ3) is 3.55. The Labute approximate surface area is 126 Å². The van der Waals surface area contributed by atoms with E-state index in [1.807, 2.05) is 42.5 Å². The van der Waals surface area contributed by atoms with Gasteiger partial charge in [0.15, 0.2) is 0 Å². The number of rotatable bonds is 2. The smallest absolute Gasteiger partial charge is 0.0959 e. The third-order valence-corrected chi connectivity index (χ3v) is 3.81. The molecule has 4 heteroatoms. The second kappa shape index (κ2) is 5.71. The van der Waals surface area contributed by atoms with Crippen molar-refractivity contribution < 1.29 is 0 Å². The van der Waals surface area contributed by atoms with Gasteiger partial charge in [-0.05, 0) is 29.8 Å². The van der Waals surface area contributed by atoms with Crippen molar-refractivity contribution in [2.45, 2.75) is 4.33 Å². The summed E-state index contributed by atoms with van der Waals surface area (Å²) in [5.41, 5.74) is 1.04. The molecule has 0 heterocycles. The van der Waals surface area contributed by atoms with E-state index in [0.29, 0.717) is 10.1 Å². The average Bonchev–Trinajstić information content (AvgIpc) is 2.29. The lowest BCUT2D eigenvalue weighted by Gasteiger charge is -2.24. The second-order valence-electron chi connectivity index (χ2n) is 4.00. The summed E-state index contributed by atoms with van der Waals surface area (Å²) in [4.78, 5) is 0. The van der Waals surface area contributed by atoms with Crippen LogP contribution in [0.4, 0.5) is 0 Å². The molecule has 0 saturated heterocycles. The van der Waals surface area contributed by atoms with Gasteiger partial charge in [0.25, 0.3) is 0 Å². The van der Waals surface area contributed by atoms with Crippen molar-refractivity contribution >= 4 is 52.5 Å². The van der Waals surface area contributed by atoms with Gasteiger partial charge in [0, 0.05) is 16.0 Å². The number of hydrogen-bond donors (Lipinski definition) is 0. The molecule has 2 rings (SSSR count). The third-order valence-electron chi connectivity index (χ3n) is 2.60. The first-order valence-electron chi connectivity index (χ1n) is 5.35. The molecule has 1 unspecified atom stereocenters. The maximum Gasteiger partial charge on any atom is 0.147 e. The van der Waals surface area contributed by atoms with E-state index in [0.717, 1.165) is 5.56 Å².